The zero-order valence-electron chi connectivity index (χ0n) is 10.8. The average molecular weight is 304 g/mol. The molecule has 19 heavy (non-hydrogen) atoms. The molecular formula is C11H16N2O4S2. The number of rotatable bonds is 6. The Bertz CT molecular complexity index is 575. The Morgan fingerprint density at radius 3 is 2.79 bits per heavy atom. The number of thiazole rings is 1. The fraction of sp³-hybridized carbons (Fsp3) is 0.636. The van der Waals surface area contributed by atoms with E-state index >= 15 is 0 Å². The van der Waals surface area contributed by atoms with Gasteiger partial charge in [-0.2, -0.15) is 0 Å². The summed E-state index contributed by atoms with van der Waals surface area (Å²) in [6.07, 6.45) is 3.03. The summed E-state index contributed by atoms with van der Waals surface area (Å²) in [5.41, 5.74) is 1.28. The number of carbonyl (C=O) groups is 1. The number of sulfonamides is 1. The molecule has 1 aliphatic carbocycles. The van der Waals surface area contributed by atoms with Crippen molar-refractivity contribution >= 4 is 27.3 Å². The Morgan fingerprint density at radius 1 is 1.58 bits per heavy atom. The summed E-state index contributed by atoms with van der Waals surface area (Å²) in [4.78, 5) is 15.2. The topological polar surface area (TPSA) is 85.4 Å². The predicted octanol–water partition coefficient (Wildman–Crippen LogP) is 1.40. The largest absolute Gasteiger partial charge is 0.464 e. The molecule has 0 bridgehead atoms. The van der Waals surface area contributed by atoms with E-state index in [1.165, 1.54) is 12.6 Å². The van der Waals surface area contributed by atoms with Crippen LogP contribution >= 0.6 is 11.3 Å². The van der Waals surface area contributed by atoms with Gasteiger partial charge in [0.25, 0.3) is 10.0 Å². The summed E-state index contributed by atoms with van der Waals surface area (Å²) in [6.45, 7) is 2.46. The van der Waals surface area contributed by atoms with Crippen LogP contribution in [0.15, 0.2) is 9.72 Å². The minimum absolute atomic E-state index is 0.0775. The van der Waals surface area contributed by atoms with E-state index in [2.05, 4.69) is 14.4 Å². The number of nitrogens with zero attached hydrogens (tertiary/aromatic N) is 1. The molecule has 1 aromatic rings. The maximum absolute atomic E-state index is 12.2. The molecule has 106 valence electrons. The molecule has 8 heteroatoms. The van der Waals surface area contributed by atoms with Gasteiger partial charge in [0.2, 0.25) is 0 Å². The van der Waals surface area contributed by atoms with Crippen LogP contribution in [0.3, 0.4) is 0 Å². The first-order chi connectivity index (χ1) is 8.94. The summed E-state index contributed by atoms with van der Waals surface area (Å²) < 4.78 is 31.4. The standard InChI is InChI=1S/C11H16N2O4S2/c1-3-11(4-5-11)6-13-19(15,16)10-8(9(14)17-2)12-7-18-10/h7,13H,3-6H2,1-2H3. The summed E-state index contributed by atoms with van der Waals surface area (Å²) in [5, 5.41) is 0. The average Bonchev–Trinajstić information content (AvgIpc) is 3.01. The Hall–Kier alpha value is -0.990. The zero-order chi connectivity index (χ0) is 14.1. The molecule has 0 saturated heterocycles. The van der Waals surface area contributed by atoms with Crippen molar-refractivity contribution in [2.24, 2.45) is 5.41 Å². The van der Waals surface area contributed by atoms with Crippen LogP contribution in [0.2, 0.25) is 0 Å². The van der Waals surface area contributed by atoms with Gasteiger partial charge in [-0.1, -0.05) is 6.92 Å². The van der Waals surface area contributed by atoms with Gasteiger partial charge >= 0.3 is 5.97 Å². The van der Waals surface area contributed by atoms with Crippen LogP contribution in [0, 0.1) is 5.41 Å². The van der Waals surface area contributed by atoms with Gasteiger partial charge in [0.1, 0.15) is 0 Å². The number of hydrogen-bond donors (Lipinski definition) is 1. The van der Waals surface area contributed by atoms with Gasteiger partial charge in [0.15, 0.2) is 9.90 Å². The van der Waals surface area contributed by atoms with E-state index < -0.39 is 16.0 Å². The third-order valence-electron chi connectivity index (χ3n) is 3.50. The number of aromatic nitrogens is 1. The van der Waals surface area contributed by atoms with Crippen LogP contribution in [-0.2, 0) is 14.8 Å². The van der Waals surface area contributed by atoms with E-state index in [0.717, 1.165) is 30.6 Å². The van der Waals surface area contributed by atoms with Gasteiger partial charge in [-0.25, -0.2) is 22.9 Å². The molecule has 1 fully saturated rings. The van der Waals surface area contributed by atoms with E-state index in [0.29, 0.717) is 6.54 Å². The smallest absolute Gasteiger partial charge is 0.358 e. The normalized spacial score (nSPS) is 17.2. The maximum Gasteiger partial charge on any atom is 0.358 e. The SMILES string of the molecule is CCC1(CNS(=O)(=O)c2scnc2C(=O)OC)CC1. The Balaban J connectivity index is 2.16. The van der Waals surface area contributed by atoms with E-state index in [9.17, 15) is 13.2 Å². The van der Waals surface area contributed by atoms with E-state index in [1.807, 2.05) is 6.92 Å². The molecule has 0 amide bonds. The molecule has 0 radical (unpaired) electrons. The van der Waals surface area contributed by atoms with Crippen molar-refractivity contribution in [2.75, 3.05) is 13.7 Å². The number of nitrogens with one attached hydrogen (secondary N) is 1. The van der Waals surface area contributed by atoms with Crippen LogP contribution in [0.4, 0.5) is 0 Å². The minimum Gasteiger partial charge on any atom is -0.464 e. The van der Waals surface area contributed by atoms with Gasteiger partial charge < -0.3 is 4.74 Å². The molecular weight excluding hydrogens is 288 g/mol. The molecule has 0 aromatic carbocycles. The van der Waals surface area contributed by atoms with Gasteiger partial charge in [-0.05, 0) is 24.7 Å². The number of esters is 1. The lowest BCUT2D eigenvalue weighted by Gasteiger charge is -2.13. The highest BCUT2D eigenvalue weighted by Crippen LogP contribution is 2.48. The molecule has 1 N–H and O–H groups in total. The molecule has 1 aromatic heterocycles. The van der Waals surface area contributed by atoms with Crippen molar-refractivity contribution in [2.45, 2.75) is 30.4 Å². The van der Waals surface area contributed by atoms with Crippen molar-refractivity contribution in [1.29, 1.82) is 0 Å². The van der Waals surface area contributed by atoms with Crippen molar-refractivity contribution in [3.05, 3.63) is 11.2 Å². The summed E-state index contributed by atoms with van der Waals surface area (Å²) in [6, 6.07) is 0. The minimum atomic E-state index is -3.70. The predicted molar refractivity (Wildman–Crippen MR) is 70.6 cm³/mol. The molecule has 1 heterocycles. The third-order valence-corrected chi connectivity index (χ3v) is 6.27. The number of carbonyl (C=O) groups excluding carboxylic acids is 1. The molecule has 0 unspecified atom stereocenters. The van der Waals surface area contributed by atoms with Crippen LogP contribution in [-0.4, -0.2) is 33.0 Å². The van der Waals surface area contributed by atoms with E-state index in [4.69, 9.17) is 0 Å². The first-order valence-corrected chi connectivity index (χ1v) is 8.32. The maximum atomic E-state index is 12.2. The number of ether oxygens (including phenoxy) is 1. The molecule has 2 rings (SSSR count). The Labute approximate surface area is 116 Å². The molecule has 0 spiro atoms. The monoisotopic (exact) mass is 304 g/mol. The second kappa shape index (κ2) is 5.18. The van der Waals surface area contributed by atoms with Crippen molar-refractivity contribution < 1.29 is 17.9 Å². The van der Waals surface area contributed by atoms with Crippen molar-refractivity contribution in [3.63, 3.8) is 0 Å². The van der Waals surface area contributed by atoms with E-state index in [-0.39, 0.29) is 15.3 Å². The fourth-order valence-corrected chi connectivity index (χ4v) is 4.14. The number of methoxy groups -OCH3 is 1. The summed E-state index contributed by atoms with van der Waals surface area (Å²) >= 11 is 0.916. The third kappa shape index (κ3) is 2.96. The first kappa shape index (κ1) is 14.4. The highest BCUT2D eigenvalue weighted by atomic mass is 32.2. The lowest BCUT2D eigenvalue weighted by Crippen LogP contribution is -2.30. The van der Waals surface area contributed by atoms with Crippen LogP contribution in [0.25, 0.3) is 0 Å². The molecule has 0 aliphatic heterocycles. The molecule has 0 atom stereocenters. The van der Waals surface area contributed by atoms with Gasteiger partial charge in [0.05, 0.1) is 12.6 Å². The molecule has 1 saturated carbocycles. The Kier molecular flexibility index (Phi) is 3.93. The Morgan fingerprint density at radius 2 is 2.26 bits per heavy atom. The second-order valence-electron chi connectivity index (χ2n) is 4.66. The highest BCUT2D eigenvalue weighted by Gasteiger charge is 2.41. The lowest BCUT2D eigenvalue weighted by atomic mass is 10.1. The zero-order valence-corrected chi connectivity index (χ0v) is 12.4. The fourth-order valence-electron chi connectivity index (χ4n) is 1.80. The van der Waals surface area contributed by atoms with Gasteiger partial charge in [-0.3, -0.25) is 0 Å². The summed E-state index contributed by atoms with van der Waals surface area (Å²) in [5.74, 6) is -0.738. The summed E-state index contributed by atoms with van der Waals surface area (Å²) in [7, 11) is -2.50. The van der Waals surface area contributed by atoms with Crippen molar-refractivity contribution in [1.82, 2.24) is 9.71 Å². The van der Waals surface area contributed by atoms with Crippen molar-refractivity contribution in [3.8, 4) is 0 Å². The van der Waals surface area contributed by atoms with Crippen LogP contribution in [0.5, 0.6) is 0 Å². The highest BCUT2D eigenvalue weighted by molar-refractivity contribution is 7.91. The number of hydrogen-bond acceptors (Lipinski definition) is 6. The molecule has 6 nitrogen and oxygen atoms in total. The molecule has 1 aliphatic rings. The van der Waals surface area contributed by atoms with Crippen LogP contribution in [0.1, 0.15) is 36.7 Å². The quantitative estimate of drug-likeness (QED) is 0.803. The lowest BCUT2D eigenvalue weighted by molar-refractivity contribution is 0.0590. The second-order valence-corrected chi connectivity index (χ2v) is 7.48. The van der Waals surface area contributed by atoms with Crippen LogP contribution < -0.4 is 4.72 Å². The first-order valence-electron chi connectivity index (χ1n) is 5.95. The van der Waals surface area contributed by atoms with Gasteiger partial charge in [-0.15, -0.1) is 11.3 Å². The van der Waals surface area contributed by atoms with E-state index in [1.54, 1.807) is 0 Å². The van der Waals surface area contributed by atoms with Gasteiger partial charge in [0, 0.05) is 6.54 Å².